The van der Waals surface area contributed by atoms with Gasteiger partial charge in [0, 0.05) is 29.6 Å². The SMILES string of the molecule is Cc1cc(OCCn2c(C3CC(=O)N(c4ccccc4)C3)nc3ccccc32)ccc1Cl. The number of rotatable bonds is 6. The lowest BCUT2D eigenvalue weighted by Crippen LogP contribution is -2.24. The number of fused-ring (bicyclic) bond motifs is 1. The first kappa shape index (κ1) is 20.6. The van der Waals surface area contributed by atoms with E-state index in [0.717, 1.165) is 38.9 Å². The van der Waals surface area contributed by atoms with Crippen molar-refractivity contribution in [2.75, 3.05) is 18.1 Å². The number of aryl methyl sites for hydroxylation is 1. The molecular formula is C26H24ClN3O2. The van der Waals surface area contributed by atoms with Gasteiger partial charge in [0.15, 0.2) is 0 Å². The van der Waals surface area contributed by atoms with Crippen molar-refractivity contribution in [3.05, 3.63) is 89.2 Å². The Hall–Kier alpha value is -3.31. The van der Waals surface area contributed by atoms with Crippen LogP contribution in [0.2, 0.25) is 5.02 Å². The van der Waals surface area contributed by atoms with Gasteiger partial charge >= 0.3 is 0 Å². The summed E-state index contributed by atoms with van der Waals surface area (Å²) in [5, 5.41) is 0.731. The van der Waals surface area contributed by atoms with Crippen LogP contribution < -0.4 is 9.64 Å². The number of ether oxygens (including phenoxy) is 1. The summed E-state index contributed by atoms with van der Waals surface area (Å²) in [5.74, 6) is 1.90. The molecule has 6 heteroatoms. The summed E-state index contributed by atoms with van der Waals surface area (Å²) >= 11 is 6.12. The molecule has 1 aliphatic rings. The summed E-state index contributed by atoms with van der Waals surface area (Å²) in [4.78, 5) is 19.6. The van der Waals surface area contributed by atoms with E-state index in [1.807, 2.05) is 78.6 Å². The Morgan fingerprint density at radius 2 is 1.84 bits per heavy atom. The van der Waals surface area contributed by atoms with Crippen molar-refractivity contribution in [2.24, 2.45) is 0 Å². The summed E-state index contributed by atoms with van der Waals surface area (Å²) in [6.45, 7) is 3.74. The van der Waals surface area contributed by atoms with Gasteiger partial charge < -0.3 is 14.2 Å². The number of nitrogens with zero attached hydrogens (tertiary/aromatic N) is 3. The zero-order valence-electron chi connectivity index (χ0n) is 17.9. The van der Waals surface area contributed by atoms with Gasteiger partial charge in [0.25, 0.3) is 0 Å². The highest BCUT2D eigenvalue weighted by Gasteiger charge is 2.34. The molecule has 32 heavy (non-hydrogen) atoms. The third kappa shape index (κ3) is 3.96. The van der Waals surface area contributed by atoms with E-state index in [1.54, 1.807) is 0 Å². The number of hydrogen-bond acceptors (Lipinski definition) is 3. The van der Waals surface area contributed by atoms with E-state index in [-0.39, 0.29) is 11.8 Å². The van der Waals surface area contributed by atoms with Crippen LogP contribution in [-0.2, 0) is 11.3 Å². The molecular weight excluding hydrogens is 422 g/mol. The van der Waals surface area contributed by atoms with Crippen LogP contribution in [0, 0.1) is 6.92 Å². The topological polar surface area (TPSA) is 47.4 Å². The fourth-order valence-corrected chi connectivity index (χ4v) is 4.46. The molecule has 5 rings (SSSR count). The Morgan fingerprint density at radius 1 is 1.06 bits per heavy atom. The average Bonchev–Trinajstić information content (AvgIpc) is 3.37. The molecule has 1 fully saturated rings. The predicted octanol–water partition coefficient (Wildman–Crippen LogP) is 5.60. The molecule has 1 aliphatic heterocycles. The molecule has 0 saturated carbocycles. The molecule has 0 spiro atoms. The molecule has 0 bridgehead atoms. The summed E-state index contributed by atoms with van der Waals surface area (Å²) in [6, 6.07) is 23.6. The van der Waals surface area contributed by atoms with Crippen molar-refractivity contribution in [3.63, 3.8) is 0 Å². The van der Waals surface area contributed by atoms with Gasteiger partial charge in [0.05, 0.1) is 17.6 Å². The highest BCUT2D eigenvalue weighted by molar-refractivity contribution is 6.31. The fourth-order valence-electron chi connectivity index (χ4n) is 4.34. The Kier molecular flexibility index (Phi) is 5.58. The lowest BCUT2D eigenvalue weighted by atomic mass is 10.1. The van der Waals surface area contributed by atoms with Crippen molar-refractivity contribution in [1.82, 2.24) is 9.55 Å². The fraction of sp³-hybridized carbons (Fsp3) is 0.231. The van der Waals surface area contributed by atoms with Gasteiger partial charge in [-0.3, -0.25) is 4.79 Å². The molecule has 0 N–H and O–H groups in total. The molecule has 1 unspecified atom stereocenters. The van der Waals surface area contributed by atoms with Gasteiger partial charge in [-0.25, -0.2) is 4.98 Å². The van der Waals surface area contributed by atoms with Crippen molar-refractivity contribution in [1.29, 1.82) is 0 Å². The van der Waals surface area contributed by atoms with E-state index >= 15 is 0 Å². The normalized spacial score (nSPS) is 16.1. The summed E-state index contributed by atoms with van der Waals surface area (Å²) in [6.07, 6.45) is 0.454. The second kappa shape index (κ2) is 8.67. The first-order valence-corrected chi connectivity index (χ1v) is 11.2. The summed E-state index contributed by atoms with van der Waals surface area (Å²) in [7, 11) is 0. The Labute approximate surface area is 192 Å². The smallest absolute Gasteiger partial charge is 0.227 e. The number of benzene rings is 3. The van der Waals surface area contributed by atoms with Crippen LogP contribution in [0.1, 0.15) is 23.7 Å². The molecule has 4 aromatic rings. The number of carbonyl (C=O) groups excluding carboxylic acids is 1. The van der Waals surface area contributed by atoms with E-state index in [9.17, 15) is 4.79 Å². The van der Waals surface area contributed by atoms with Crippen molar-refractivity contribution >= 4 is 34.2 Å². The van der Waals surface area contributed by atoms with E-state index < -0.39 is 0 Å². The molecule has 3 aromatic carbocycles. The number of para-hydroxylation sites is 3. The van der Waals surface area contributed by atoms with Gasteiger partial charge in [-0.15, -0.1) is 0 Å². The van der Waals surface area contributed by atoms with Crippen molar-refractivity contribution < 1.29 is 9.53 Å². The van der Waals surface area contributed by atoms with Gasteiger partial charge in [-0.2, -0.15) is 0 Å². The number of imidazole rings is 1. The standard InChI is InChI=1S/C26H24ClN3O2/c1-18-15-21(11-12-22(18)27)32-14-13-29-24-10-6-5-9-23(24)28-26(29)19-16-25(31)30(17-19)20-7-3-2-4-8-20/h2-12,15,19H,13-14,16-17H2,1H3. The average molecular weight is 446 g/mol. The maximum Gasteiger partial charge on any atom is 0.227 e. The number of carbonyl (C=O) groups is 1. The third-order valence-corrected chi connectivity index (χ3v) is 6.38. The Morgan fingerprint density at radius 3 is 2.66 bits per heavy atom. The molecule has 162 valence electrons. The molecule has 1 amide bonds. The number of halogens is 1. The van der Waals surface area contributed by atoms with Crippen molar-refractivity contribution in [2.45, 2.75) is 25.8 Å². The van der Waals surface area contributed by atoms with Gasteiger partial charge in [-0.1, -0.05) is 41.9 Å². The largest absolute Gasteiger partial charge is 0.492 e. The van der Waals surface area contributed by atoms with Crippen LogP contribution in [0.3, 0.4) is 0 Å². The second-order valence-corrected chi connectivity index (χ2v) is 8.52. The van der Waals surface area contributed by atoms with E-state index in [2.05, 4.69) is 10.6 Å². The van der Waals surface area contributed by atoms with E-state index in [1.165, 1.54) is 0 Å². The number of aromatic nitrogens is 2. The zero-order valence-corrected chi connectivity index (χ0v) is 18.6. The van der Waals surface area contributed by atoms with Crippen LogP contribution in [0.15, 0.2) is 72.8 Å². The molecule has 1 saturated heterocycles. The van der Waals surface area contributed by atoms with Crippen LogP contribution in [0.5, 0.6) is 5.75 Å². The van der Waals surface area contributed by atoms with E-state index in [4.69, 9.17) is 21.3 Å². The Bertz CT molecular complexity index is 1270. The lowest BCUT2D eigenvalue weighted by molar-refractivity contribution is -0.117. The molecule has 2 heterocycles. The molecule has 1 aromatic heterocycles. The zero-order chi connectivity index (χ0) is 22.1. The predicted molar refractivity (Wildman–Crippen MR) is 128 cm³/mol. The molecule has 0 aliphatic carbocycles. The van der Waals surface area contributed by atoms with Crippen molar-refractivity contribution in [3.8, 4) is 5.75 Å². The molecule has 0 radical (unpaired) electrons. The first-order chi connectivity index (χ1) is 15.6. The van der Waals surface area contributed by atoms with Gasteiger partial charge in [0.1, 0.15) is 18.2 Å². The molecule has 5 nitrogen and oxygen atoms in total. The number of hydrogen-bond donors (Lipinski definition) is 0. The minimum Gasteiger partial charge on any atom is -0.492 e. The lowest BCUT2D eigenvalue weighted by Gasteiger charge is -2.17. The minimum absolute atomic E-state index is 0.0351. The third-order valence-electron chi connectivity index (χ3n) is 5.96. The first-order valence-electron chi connectivity index (χ1n) is 10.8. The molecule has 1 atom stereocenters. The second-order valence-electron chi connectivity index (χ2n) is 8.11. The Balaban J connectivity index is 1.39. The quantitative estimate of drug-likeness (QED) is 0.388. The van der Waals surface area contributed by atoms with Gasteiger partial charge in [-0.05, 0) is 55.0 Å². The van der Waals surface area contributed by atoms with Gasteiger partial charge in [0.2, 0.25) is 5.91 Å². The maximum absolute atomic E-state index is 12.8. The number of amides is 1. The monoisotopic (exact) mass is 445 g/mol. The minimum atomic E-state index is 0.0351. The van der Waals surface area contributed by atoms with E-state index in [0.29, 0.717) is 26.1 Å². The maximum atomic E-state index is 12.8. The number of anilines is 1. The summed E-state index contributed by atoms with van der Waals surface area (Å²) in [5.41, 5.74) is 3.92. The van der Waals surface area contributed by atoms with Crippen LogP contribution in [0.4, 0.5) is 5.69 Å². The highest BCUT2D eigenvalue weighted by atomic mass is 35.5. The van der Waals surface area contributed by atoms with Crippen LogP contribution in [-0.4, -0.2) is 28.6 Å². The highest BCUT2D eigenvalue weighted by Crippen LogP contribution is 2.33. The van der Waals surface area contributed by atoms with Crippen LogP contribution in [0.25, 0.3) is 11.0 Å². The van der Waals surface area contributed by atoms with Crippen LogP contribution >= 0.6 is 11.6 Å². The summed E-state index contributed by atoms with van der Waals surface area (Å²) < 4.78 is 8.21.